The average molecular weight is 1260 g/mol. The molecule has 19 aromatic rings. The van der Waals surface area contributed by atoms with Crippen LogP contribution in [0.25, 0.3) is 144 Å². The van der Waals surface area contributed by atoms with Crippen molar-refractivity contribution < 1.29 is 8.78 Å². The van der Waals surface area contributed by atoms with Gasteiger partial charge in [0, 0.05) is 74.9 Å². The fourth-order valence-electron chi connectivity index (χ4n) is 15.8. The summed E-state index contributed by atoms with van der Waals surface area (Å²) in [6.07, 6.45) is 0. The van der Waals surface area contributed by atoms with Gasteiger partial charge in [-0.25, -0.2) is 8.78 Å². The van der Waals surface area contributed by atoms with Gasteiger partial charge < -0.3 is 14.4 Å². The molecule has 3 heterocycles. The zero-order valence-electron chi connectivity index (χ0n) is 52.4. The number of aromatic nitrogens is 1. The van der Waals surface area contributed by atoms with Gasteiger partial charge in [-0.15, -0.1) is 22.7 Å². The van der Waals surface area contributed by atoms with E-state index in [0.717, 1.165) is 93.6 Å². The predicted molar refractivity (Wildman–Crippen MR) is 404 cm³/mol. The van der Waals surface area contributed by atoms with Crippen molar-refractivity contribution in [3.05, 3.63) is 307 Å². The standard InChI is InChI=1S/C88H57F2N3S2/c1-50-12-9-13-51(2)79(50)56-28-36-66(37-29-56)91(68-40-32-58-42-64(89)34-26-60(58)44-68)73-48-75-86(88-83(73)71-18-5-7-20-77(71)95-88)85-74(93(75)70-46-62-24-22-54-16-11-17-55-23-25-63(47-70)82(62)81(54)55)49-76(87-84(85)72-19-6-8-21-78(72)94-87)92(69-41-33-59-43-65(90)35-27-61(59)45-69)67-38-30-57(31-39-67)80-52(3)14-10-15-53(80)4/h5-49H,1-4H3. The molecule has 3 aromatic heterocycles. The lowest BCUT2D eigenvalue weighted by atomic mass is 9.94. The Hall–Kier alpha value is -11.2. The highest BCUT2D eigenvalue weighted by atomic mass is 32.1. The van der Waals surface area contributed by atoms with Crippen molar-refractivity contribution in [1.29, 1.82) is 0 Å². The maximum atomic E-state index is 15.1. The molecule has 16 aromatic carbocycles. The molecular weight excluding hydrogens is 1200 g/mol. The van der Waals surface area contributed by atoms with Crippen molar-refractivity contribution in [1.82, 2.24) is 4.57 Å². The Labute approximate surface area is 554 Å². The van der Waals surface area contributed by atoms with E-state index >= 15 is 8.78 Å². The highest BCUT2D eigenvalue weighted by Crippen LogP contribution is 2.56. The molecule has 3 nitrogen and oxygen atoms in total. The van der Waals surface area contributed by atoms with Gasteiger partial charge in [-0.3, -0.25) is 0 Å². The van der Waals surface area contributed by atoms with Crippen LogP contribution in [0.1, 0.15) is 22.3 Å². The number of nitrogens with zero attached hydrogens (tertiary/aromatic N) is 3. The lowest BCUT2D eigenvalue weighted by Gasteiger charge is -2.28. The molecule has 0 aliphatic carbocycles. The Balaban J connectivity index is 0.976. The number of fused-ring (bicyclic) bond motifs is 13. The monoisotopic (exact) mass is 1260 g/mol. The number of halogens is 2. The molecular formula is C88H57F2N3S2. The van der Waals surface area contributed by atoms with Gasteiger partial charge >= 0.3 is 0 Å². The molecule has 0 unspecified atom stereocenters. The maximum Gasteiger partial charge on any atom is 0.123 e. The summed E-state index contributed by atoms with van der Waals surface area (Å²) in [6.45, 7) is 8.77. The van der Waals surface area contributed by atoms with Crippen molar-refractivity contribution in [2.24, 2.45) is 0 Å². The fourth-order valence-corrected chi connectivity index (χ4v) is 18.3. The van der Waals surface area contributed by atoms with Crippen molar-refractivity contribution in [2.75, 3.05) is 9.80 Å². The molecule has 0 aliphatic heterocycles. The summed E-state index contributed by atoms with van der Waals surface area (Å²) in [5.41, 5.74) is 18.8. The molecule has 95 heavy (non-hydrogen) atoms. The topological polar surface area (TPSA) is 11.4 Å². The van der Waals surface area contributed by atoms with Crippen LogP contribution >= 0.6 is 22.7 Å². The summed E-state index contributed by atoms with van der Waals surface area (Å²) in [5, 5.41) is 17.9. The molecule has 19 rings (SSSR count). The van der Waals surface area contributed by atoms with E-state index in [-0.39, 0.29) is 11.6 Å². The summed E-state index contributed by atoms with van der Waals surface area (Å²) in [6, 6.07) is 97.6. The zero-order valence-corrected chi connectivity index (χ0v) is 54.0. The van der Waals surface area contributed by atoms with Gasteiger partial charge in [0.1, 0.15) is 11.6 Å². The molecule has 450 valence electrons. The Morgan fingerprint density at radius 2 is 0.705 bits per heavy atom. The Morgan fingerprint density at radius 3 is 1.25 bits per heavy atom. The van der Waals surface area contributed by atoms with Crippen LogP contribution in [0.15, 0.2) is 273 Å². The van der Waals surface area contributed by atoms with Crippen molar-refractivity contribution in [3.63, 3.8) is 0 Å². The van der Waals surface area contributed by atoms with E-state index in [4.69, 9.17) is 0 Å². The lowest BCUT2D eigenvalue weighted by Crippen LogP contribution is -2.11. The largest absolute Gasteiger partial charge is 0.310 e. The third-order valence-corrected chi connectivity index (χ3v) is 22.4. The highest BCUT2D eigenvalue weighted by molar-refractivity contribution is 7.27. The molecule has 0 N–H and O–H groups in total. The van der Waals surface area contributed by atoms with Crippen LogP contribution in [0.4, 0.5) is 42.9 Å². The quantitative estimate of drug-likeness (QED) is 0.133. The summed E-state index contributed by atoms with van der Waals surface area (Å²) < 4.78 is 37.5. The van der Waals surface area contributed by atoms with Crippen LogP contribution in [0.5, 0.6) is 0 Å². The van der Waals surface area contributed by atoms with Gasteiger partial charge in [-0.1, -0.05) is 164 Å². The molecule has 0 atom stereocenters. The number of aryl methyl sites for hydroxylation is 4. The molecule has 0 saturated heterocycles. The van der Waals surface area contributed by atoms with Gasteiger partial charge in [0.2, 0.25) is 0 Å². The minimum atomic E-state index is -0.264. The third kappa shape index (κ3) is 8.59. The molecule has 0 spiro atoms. The van der Waals surface area contributed by atoms with E-state index in [9.17, 15) is 0 Å². The summed E-state index contributed by atoms with van der Waals surface area (Å²) >= 11 is 3.70. The minimum absolute atomic E-state index is 0.263. The predicted octanol–water partition coefficient (Wildman–Crippen LogP) is 26.5. The Kier molecular flexibility index (Phi) is 12.3. The number of hydrogen-bond acceptors (Lipinski definition) is 4. The van der Waals surface area contributed by atoms with Gasteiger partial charge in [0.15, 0.2) is 0 Å². The van der Waals surface area contributed by atoms with E-state index in [0.29, 0.717) is 0 Å². The smallest absolute Gasteiger partial charge is 0.123 e. The first kappa shape index (κ1) is 55.4. The second kappa shape index (κ2) is 21.2. The summed E-state index contributed by atoms with van der Waals surface area (Å²) in [7, 11) is 0. The van der Waals surface area contributed by atoms with Crippen LogP contribution in [0, 0.1) is 39.3 Å². The van der Waals surface area contributed by atoms with E-state index in [1.807, 2.05) is 34.8 Å². The Morgan fingerprint density at radius 1 is 0.295 bits per heavy atom. The number of thiophene rings is 2. The first-order valence-corrected chi connectivity index (χ1v) is 34.0. The summed E-state index contributed by atoms with van der Waals surface area (Å²) in [5.74, 6) is -0.528. The molecule has 0 fully saturated rings. The second-order valence-electron chi connectivity index (χ2n) is 25.6. The van der Waals surface area contributed by atoms with E-state index in [1.165, 1.54) is 107 Å². The van der Waals surface area contributed by atoms with Crippen LogP contribution in [0.3, 0.4) is 0 Å². The van der Waals surface area contributed by atoms with Crippen molar-refractivity contribution in [2.45, 2.75) is 27.7 Å². The van der Waals surface area contributed by atoms with Crippen LogP contribution in [-0.4, -0.2) is 4.57 Å². The molecule has 0 bridgehead atoms. The first-order valence-electron chi connectivity index (χ1n) is 32.3. The van der Waals surface area contributed by atoms with Crippen molar-refractivity contribution >= 4 is 173 Å². The first-order chi connectivity index (χ1) is 46.5. The molecule has 0 aliphatic rings. The number of anilines is 6. The second-order valence-corrected chi connectivity index (χ2v) is 27.8. The lowest BCUT2D eigenvalue weighted by molar-refractivity contribution is 0.629. The zero-order chi connectivity index (χ0) is 63.5. The normalized spacial score (nSPS) is 12.1. The van der Waals surface area contributed by atoms with Gasteiger partial charge in [0.05, 0.1) is 27.1 Å². The number of hydrogen-bond donors (Lipinski definition) is 0. The number of benzene rings is 16. The van der Waals surface area contributed by atoms with Crippen LogP contribution in [-0.2, 0) is 0 Å². The third-order valence-electron chi connectivity index (χ3n) is 20.0. The average Bonchev–Trinajstić information content (AvgIpc) is 1.54. The van der Waals surface area contributed by atoms with Gasteiger partial charge in [-0.05, 0) is 235 Å². The van der Waals surface area contributed by atoms with E-state index in [1.54, 1.807) is 24.3 Å². The van der Waals surface area contributed by atoms with E-state index < -0.39 is 0 Å². The van der Waals surface area contributed by atoms with Gasteiger partial charge in [-0.2, -0.15) is 0 Å². The van der Waals surface area contributed by atoms with Gasteiger partial charge in [0.25, 0.3) is 0 Å². The highest BCUT2D eigenvalue weighted by Gasteiger charge is 2.30. The van der Waals surface area contributed by atoms with Crippen LogP contribution in [0.2, 0.25) is 0 Å². The molecule has 0 amide bonds. The number of rotatable bonds is 9. The minimum Gasteiger partial charge on any atom is -0.310 e. The molecule has 0 radical (unpaired) electrons. The maximum absolute atomic E-state index is 15.1. The van der Waals surface area contributed by atoms with Crippen LogP contribution < -0.4 is 9.80 Å². The summed E-state index contributed by atoms with van der Waals surface area (Å²) in [4.78, 5) is 4.88. The molecule has 0 saturated carbocycles. The Bertz CT molecular complexity index is 6330. The van der Waals surface area contributed by atoms with E-state index in [2.05, 4.69) is 279 Å². The van der Waals surface area contributed by atoms with Crippen molar-refractivity contribution in [3.8, 4) is 27.9 Å². The molecule has 7 heteroatoms. The SMILES string of the molecule is Cc1cccc(C)c1-c1ccc(N(c2ccc3cc(F)ccc3c2)c2cc3c(c4c2sc2ccccc24)c2c4sc5ccccc5c4c(N(c4ccc(-c5c(C)cccc5C)cc4)c4ccc5cc(F)ccc5c4)cc2n3-c2cc3ccc4cccc5ccc(c2)c3c45)cc1. The fraction of sp³-hybridized carbons (Fsp3) is 0.0455.